The first-order valence-electron chi connectivity index (χ1n) is 11.8. The smallest absolute Gasteiger partial charge is 0.139 e. The zero-order valence-corrected chi connectivity index (χ0v) is 20.6. The highest BCUT2D eigenvalue weighted by molar-refractivity contribution is 5.14. The number of furan rings is 2. The summed E-state index contributed by atoms with van der Waals surface area (Å²) in [5.41, 5.74) is 1.03. The number of rotatable bonds is 13. The van der Waals surface area contributed by atoms with Gasteiger partial charge in [0.1, 0.15) is 42.0 Å². The van der Waals surface area contributed by atoms with E-state index in [1.165, 1.54) is 0 Å². The Balaban J connectivity index is 1.47. The fourth-order valence-corrected chi connectivity index (χ4v) is 5.02. The first-order chi connectivity index (χ1) is 16.4. The van der Waals surface area contributed by atoms with Gasteiger partial charge in [-0.3, -0.25) is 4.90 Å². The average Bonchev–Trinajstić information content (AvgIpc) is 3.54. The maximum absolute atomic E-state index is 9.13. The maximum Gasteiger partial charge on any atom is 0.139 e. The van der Waals surface area contributed by atoms with Gasteiger partial charge in [-0.1, -0.05) is 19.0 Å². The Morgan fingerprint density at radius 2 is 1.56 bits per heavy atom. The Bertz CT molecular complexity index is 989. The maximum atomic E-state index is 9.13. The quantitative estimate of drug-likeness (QED) is 0.392. The van der Waals surface area contributed by atoms with Crippen LogP contribution in [0.3, 0.4) is 0 Å². The molecule has 1 fully saturated rings. The fourth-order valence-electron chi connectivity index (χ4n) is 5.02. The Morgan fingerprint density at radius 1 is 0.971 bits per heavy atom. The molecule has 8 nitrogen and oxygen atoms in total. The Hall–Kier alpha value is -2.39. The number of nitrogens with zero attached hydrogens (tertiary/aromatic N) is 2. The van der Waals surface area contributed by atoms with Crippen LogP contribution < -0.4 is 0 Å². The van der Waals surface area contributed by atoms with Crippen LogP contribution in [0.2, 0.25) is 0 Å². The molecular weight excluding hydrogens is 436 g/mol. The standard InChI is InChI=1S/C26H36N2O6/c1-26(2)18(11-19-13-20(9-10-29)34-27-19)12-25(26)28(14-21-5-7-23(32-21)16-30-3)15-22-6-8-24(33-22)17-31-4/h5-8,13,18,25,29H,9-12,14-17H2,1-4H3. The second-order valence-electron chi connectivity index (χ2n) is 9.74. The Morgan fingerprint density at radius 3 is 2.09 bits per heavy atom. The van der Waals surface area contributed by atoms with Crippen molar-refractivity contribution in [1.82, 2.24) is 10.1 Å². The molecule has 1 saturated carbocycles. The third kappa shape index (κ3) is 5.63. The molecule has 3 aromatic rings. The summed E-state index contributed by atoms with van der Waals surface area (Å²) in [6.45, 7) is 7.02. The van der Waals surface area contributed by atoms with Crippen molar-refractivity contribution in [3.8, 4) is 0 Å². The molecule has 0 spiro atoms. The van der Waals surface area contributed by atoms with Crippen LogP contribution in [-0.2, 0) is 48.6 Å². The van der Waals surface area contributed by atoms with E-state index < -0.39 is 0 Å². The molecule has 8 heteroatoms. The van der Waals surface area contributed by atoms with E-state index in [2.05, 4.69) is 23.9 Å². The van der Waals surface area contributed by atoms with Gasteiger partial charge in [-0.05, 0) is 48.4 Å². The highest BCUT2D eigenvalue weighted by Gasteiger charge is 2.50. The van der Waals surface area contributed by atoms with Gasteiger partial charge in [-0.2, -0.15) is 0 Å². The molecular formula is C26H36N2O6. The summed E-state index contributed by atoms with van der Waals surface area (Å²) in [6, 6.07) is 10.3. The monoisotopic (exact) mass is 472 g/mol. The van der Waals surface area contributed by atoms with Crippen molar-refractivity contribution in [3.63, 3.8) is 0 Å². The van der Waals surface area contributed by atoms with Gasteiger partial charge < -0.3 is 27.9 Å². The van der Waals surface area contributed by atoms with E-state index in [9.17, 15) is 0 Å². The summed E-state index contributed by atoms with van der Waals surface area (Å²) < 4.78 is 27.8. The van der Waals surface area contributed by atoms with Crippen molar-refractivity contribution >= 4 is 0 Å². The van der Waals surface area contributed by atoms with Crippen LogP contribution in [0, 0.1) is 11.3 Å². The van der Waals surface area contributed by atoms with Crippen LogP contribution >= 0.6 is 0 Å². The molecule has 0 aromatic carbocycles. The van der Waals surface area contributed by atoms with Gasteiger partial charge in [-0.15, -0.1) is 0 Å². The van der Waals surface area contributed by atoms with Crippen LogP contribution in [0.5, 0.6) is 0 Å². The predicted molar refractivity (Wildman–Crippen MR) is 125 cm³/mol. The van der Waals surface area contributed by atoms with Crippen LogP contribution in [-0.4, -0.2) is 42.0 Å². The minimum atomic E-state index is 0.0678. The molecule has 186 valence electrons. The van der Waals surface area contributed by atoms with Gasteiger partial charge in [0.25, 0.3) is 0 Å². The van der Waals surface area contributed by atoms with Crippen molar-refractivity contribution in [3.05, 3.63) is 64.8 Å². The van der Waals surface area contributed by atoms with E-state index in [1.54, 1.807) is 14.2 Å². The van der Waals surface area contributed by atoms with Crippen molar-refractivity contribution in [2.24, 2.45) is 11.3 Å². The molecule has 3 heterocycles. The number of aliphatic hydroxyl groups excluding tert-OH is 1. The third-order valence-electron chi connectivity index (χ3n) is 7.01. The van der Waals surface area contributed by atoms with E-state index in [-0.39, 0.29) is 12.0 Å². The van der Waals surface area contributed by atoms with Gasteiger partial charge in [0.15, 0.2) is 0 Å². The number of hydrogen-bond donors (Lipinski definition) is 1. The highest BCUT2D eigenvalue weighted by atomic mass is 16.5. The molecule has 0 saturated heterocycles. The molecule has 4 rings (SSSR count). The number of hydrogen-bond acceptors (Lipinski definition) is 8. The molecule has 0 aliphatic heterocycles. The van der Waals surface area contributed by atoms with Crippen LogP contribution in [0.25, 0.3) is 0 Å². The number of aliphatic hydroxyl groups is 1. The van der Waals surface area contributed by atoms with E-state index in [0.29, 0.717) is 44.7 Å². The van der Waals surface area contributed by atoms with Crippen LogP contribution in [0.4, 0.5) is 0 Å². The van der Waals surface area contributed by atoms with Gasteiger partial charge >= 0.3 is 0 Å². The van der Waals surface area contributed by atoms with Crippen LogP contribution in [0.15, 0.2) is 43.7 Å². The van der Waals surface area contributed by atoms with Crippen molar-refractivity contribution in [2.75, 3.05) is 20.8 Å². The zero-order chi connectivity index (χ0) is 24.1. The summed E-state index contributed by atoms with van der Waals surface area (Å²) in [5, 5.41) is 13.3. The van der Waals surface area contributed by atoms with E-state index in [4.69, 9.17) is 27.9 Å². The molecule has 34 heavy (non-hydrogen) atoms. The molecule has 2 unspecified atom stereocenters. The molecule has 2 atom stereocenters. The van der Waals surface area contributed by atoms with Gasteiger partial charge in [0.2, 0.25) is 0 Å². The molecule has 0 radical (unpaired) electrons. The first kappa shape index (κ1) is 24.7. The molecule has 1 aliphatic carbocycles. The SMILES string of the molecule is COCc1ccc(CN(Cc2ccc(COC)o2)C2CC(Cc3cc(CCO)on3)C2(C)C)o1. The minimum absolute atomic E-state index is 0.0678. The van der Waals surface area contributed by atoms with Crippen molar-refractivity contribution in [2.45, 2.75) is 65.5 Å². The summed E-state index contributed by atoms with van der Waals surface area (Å²) in [5.74, 6) is 4.71. The lowest BCUT2D eigenvalue weighted by molar-refractivity contribution is -0.0754. The molecule has 0 bridgehead atoms. The highest BCUT2D eigenvalue weighted by Crippen LogP contribution is 2.51. The van der Waals surface area contributed by atoms with E-state index in [0.717, 1.165) is 47.3 Å². The van der Waals surface area contributed by atoms with Crippen molar-refractivity contribution in [1.29, 1.82) is 0 Å². The first-order valence-corrected chi connectivity index (χ1v) is 11.8. The summed E-state index contributed by atoms with van der Waals surface area (Å²) in [4.78, 5) is 2.45. The van der Waals surface area contributed by atoms with E-state index >= 15 is 0 Å². The summed E-state index contributed by atoms with van der Waals surface area (Å²) >= 11 is 0. The molecule has 0 amide bonds. The lowest BCUT2D eigenvalue weighted by atomic mass is 9.56. The van der Waals surface area contributed by atoms with Gasteiger partial charge in [-0.25, -0.2) is 0 Å². The molecule has 1 N–H and O–H groups in total. The van der Waals surface area contributed by atoms with E-state index in [1.807, 2.05) is 30.3 Å². The molecule has 1 aliphatic rings. The fraction of sp³-hybridized carbons (Fsp3) is 0.577. The average molecular weight is 473 g/mol. The normalized spacial score (nSPS) is 19.6. The number of ether oxygens (including phenoxy) is 2. The Labute approximate surface area is 200 Å². The van der Waals surface area contributed by atoms with Gasteiger partial charge in [0.05, 0.1) is 25.4 Å². The summed E-state index contributed by atoms with van der Waals surface area (Å²) in [6.07, 6.45) is 2.41. The second kappa shape index (κ2) is 10.9. The largest absolute Gasteiger partial charge is 0.462 e. The van der Waals surface area contributed by atoms with Crippen molar-refractivity contribution < 1.29 is 27.9 Å². The van der Waals surface area contributed by atoms with Crippen LogP contribution in [0.1, 0.15) is 54.8 Å². The van der Waals surface area contributed by atoms with Gasteiger partial charge in [0, 0.05) is 32.7 Å². The predicted octanol–water partition coefficient (Wildman–Crippen LogP) is 4.35. The second-order valence-corrected chi connectivity index (χ2v) is 9.74. The lowest BCUT2D eigenvalue weighted by Crippen LogP contribution is -2.58. The zero-order valence-electron chi connectivity index (χ0n) is 20.6. The number of methoxy groups -OCH3 is 2. The lowest BCUT2D eigenvalue weighted by Gasteiger charge is -2.56. The minimum Gasteiger partial charge on any atom is -0.462 e. The molecule has 3 aromatic heterocycles. The number of aromatic nitrogens is 1. The summed E-state index contributed by atoms with van der Waals surface area (Å²) in [7, 11) is 3.34. The topological polar surface area (TPSA) is 94.2 Å². The third-order valence-corrected chi connectivity index (χ3v) is 7.01. The Kier molecular flexibility index (Phi) is 7.93.